The lowest BCUT2D eigenvalue weighted by Gasteiger charge is -2.17. The Morgan fingerprint density at radius 1 is 0.698 bits per heavy atom. The number of hydrogen-bond acceptors (Lipinski definition) is 4. The zero-order chi connectivity index (χ0) is 30.4. The summed E-state index contributed by atoms with van der Waals surface area (Å²) < 4.78 is 11.0. The molecule has 2 aromatic carbocycles. The normalized spacial score (nSPS) is 11.8. The van der Waals surface area contributed by atoms with Gasteiger partial charge in [-0.05, 0) is 23.6 Å². The van der Waals surface area contributed by atoms with Crippen molar-refractivity contribution in [3.05, 3.63) is 71.9 Å². The van der Waals surface area contributed by atoms with Crippen LogP contribution in [0.15, 0.2) is 60.8 Å². The predicted octanol–water partition coefficient (Wildman–Crippen LogP) is 9.81. The zero-order valence-electron chi connectivity index (χ0n) is 26.4. The predicted molar refractivity (Wildman–Crippen MR) is 176 cm³/mol. The highest BCUT2D eigenvalue weighted by molar-refractivity contribution is 5.86. The van der Waals surface area contributed by atoms with Crippen LogP contribution >= 0.6 is 0 Å². The van der Waals surface area contributed by atoms with Gasteiger partial charge in [0.15, 0.2) is 0 Å². The molecule has 0 saturated heterocycles. The SMILES string of the molecule is CCCCCCCCCCCCCCCCCCOC(=O)[C@H](Cc1c[nH]c2ccccc12)NC(=O)OCc1ccccc1. The van der Waals surface area contributed by atoms with Gasteiger partial charge in [0.1, 0.15) is 12.6 Å². The third kappa shape index (κ3) is 14.2. The minimum Gasteiger partial charge on any atom is -0.464 e. The fourth-order valence-electron chi connectivity index (χ4n) is 5.54. The van der Waals surface area contributed by atoms with E-state index in [0.29, 0.717) is 13.0 Å². The number of esters is 1. The molecule has 0 spiro atoms. The Bertz CT molecular complexity index is 1160. The highest BCUT2D eigenvalue weighted by Crippen LogP contribution is 2.20. The van der Waals surface area contributed by atoms with Gasteiger partial charge in [0, 0.05) is 23.5 Å². The van der Waals surface area contributed by atoms with E-state index in [4.69, 9.17) is 9.47 Å². The van der Waals surface area contributed by atoms with Crippen LogP contribution in [0.25, 0.3) is 10.9 Å². The molecule has 236 valence electrons. The second-order valence-corrected chi connectivity index (χ2v) is 11.8. The molecule has 0 unspecified atom stereocenters. The van der Waals surface area contributed by atoms with Crippen LogP contribution in [0.3, 0.4) is 0 Å². The first-order chi connectivity index (χ1) is 21.2. The third-order valence-corrected chi connectivity index (χ3v) is 8.13. The maximum atomic E-state index is 13.1. The number of benzene rings is 2. The molecule has 0 bridgehead atoms. The quantitative estimate of drug-likeness (QED) is 0.0851. The standard InChI is InChI=1S/C37H54N2O4/c1-2-3-4-5-6-7-8-9-10-11-12-13-14-15-16-22-27-42-36(40)35(28-32-29-38-34-26-21-20-25-33(32)34)39-37(41)43-30-31-23-18-17-19-24-31/h17-21,23-26,29,35,38H,2-16,22,27-28,30H2,1H3,(H,39,41)/t35-/m0/s1. The Morgan fingerprint density at radius 2 is 1.26 bits per heavy atom. The molecule has 0 aliphatic rings. The van der Waals surface area contributed by atoms with E-state index in [1.165, 1.54) is 83.5 Å². The second kappa shape index (κ2) is 21.4. The molecule has 0 saturated carbocycles. The summed E-state index contributed by atoms with van der Waals surface area (Å²) in [5, 5.41) is 3.77. The van der Waals surface area contributed by atoms with E-state index in [9.17, 15) is 9.59 Å². The molecule has 3 aromatic rings. The Hall–Kier alpha value is -3.28. The van der Waals surface area contributed by atoms with Crippen LogP contribution in [-0.2, 0) is 27.3 Å². The number of fused-ring (bicyclic) bond motifs is 1. The molecule has 43 heavy (non-hydrogen) atoms. The number of amides is 1. The monoisotopic (exact) mass is 590 g/mol. The number of alkyl carbamates (subject to hydrolysis) is 1. The zero-order valence-corrected chi connectivity index (χ0v) is 26.4. The van der Waals surface area contributed by atoms with Gasteiger partial charge in [0.25, 0.3) is 0 Å². The van der Waals surface area contributed by atoms with E-state index >= 15 is 0 Å². The van der Waals surface area contributed by atoms with Gasteiger partial charge in [-0.25, -0.2) is 9.59 Å². The van der Waals surface area contributed by atoms with E-state index in [2.05, 4.69) is 17.2 Å². The lowest BCUT2D eigenvalue weighted by molar-refractivity contribution is -0.146. The summed E-state index contributed by atoms with van der Waals surface area (Å²) in [6, 6.07) is 16.6. The number of H-pyrrole nitrogens is 1. The summed E-state index contributed by atoms with van der Waals surface area (Å²) in [5.41, 5.74) is 2.82. The number of aromatic nitrogens is 1. The first-order valence-corrected chi connectivity index (χ1v) is 16.9. The van der Waals surface area contributed by atoms with E-state index in [1.54, 1.807) is 0 Å². The molecule has 1 amide bonds. The van der Waals surface area contributed by atoms with Gasteiger partial charge in [-0.1, -0.05) is 152 Å². The van der Waals surface area contributed by atoms with Gasteiger partial charge in [-0.2, -0.15) is 0 Å². The molecular formula is C37H54N2O4. The maximum Gasteiger partial charge on any atom is 0.408 e. The molecule has 0 aliphatic heterocycles. The van der Waals surface area contributed by atoms with Crippen molar-refractivity contribution in [2.45, 2.75) is 129 Å². The first-order valence-electron chi connectivity index (χ1n) is 16.9. The van der Waals surface area contributed by atoms with Crippen molar-refractivity contribution in [2.75, 3.05) is 6.61 Å². The van der Waals surface area contributed by atoms with Gasteiger partial charge >= 0.3 is 12.1 Å². The van der Waals surface area contributed by atoms with Crippen molar-refractivity contribution in [2.24, 2.45) is 0 Å². The molecule has 2 N–H and O–H groups in total. The van der Waals surface area contributed by atoms with Crippen LogP contribution in [0, 0.1) is 0 Å². The van der Waals surface area contributed by atoms with Crippen LogP contribution in [0.4, 0.5) is 4.79 Å². The first kappa shape index (κ1) is 34.2. The minimum absolute atomic E-state index is 0.140. The summed E-state index contributed by atoms with van der Waals surface area (Å²) in [4.78, 5) is 28.9. The highest BCUT2D eigenvalue weighted by Gasteiger charge is 2.25. The van der Waals surface area contributed by atoms with Crippen LogP contribution in [-0.4, -0.2) is 29.7 Å². The van der Waals surface area contributed by atoms with Crippen LogP contribution in [0.5, 0.6) is 0 Å². The molecule has 1 atom stereocenters. The Balaban J connectivity index is 1.30. The lowest BCUT2D eigenvalue weighted by atomic mass is 10.0. The van der Waals surface area contributed by atoms with Gasteiger partial charge in [-0.3, -0.25) is 0 Å². The Labute approximate surface area is 259 Å². The average molecular weight is 591 g/mol. The number of hydrogen-bond donors (Lipinski definition) is 2. The molecule has 3 rings (SSSR count). The van der Waals surface area contributed by atoms with Crippen molar-refractivity contribution in [1.29, 1.82) is 0 Å². The number of carbonyl (C=O) groups excluding carboxylic acids is 2. The summed E-state index contributed by atoms with van der Waals surface area (Å²) in [6.45, 7) is 2.78. The molecule has 0 aliphatic carbocycles. The van der Waals surface area contributed by atoms with E-state index in [0.717, 1.165) is 41.3 Å². The van der Waals surface area contributed by atoms with Crippen LogP contribution < -0.4 is 5.32 Å². The molecule has 6 heteroatoms. The summed E-state index contributed by atoms with van der Waals surface area (Å²) in [7, 11) is 0. The van der Waals surface area contributed by atoms with Gasteiger partial charge in [0.2, 0.25) is 0 Å². The van der Waals surface area contributed by atoms with Crippen molar-refractivity contribution >= 4 is 23.0 Å². The summed E-state index contributed by atoms with van der Waals surface area (Å²) >= 11 is 0. The van der Waals surface area contributed by atoms with Gasteiger partial charge in [-0.15, -0.1) is 0 Å². The molecule has 6 nitrogen and oxygen atoms in total. The average Bonchev–Trinajstić information content (AvgIpc) is 3.44. The maximum absolute atomic E-state index is 13.1. The smallest absolute Gasteiger partial charge is 0.408 e. The number of carbonyl (C=O) groups is 2. The van der Waals surface area contributed by atoms with Gasteiger partial charge in [0.05, 0.1) is 6.61 Å². The minimum atomic E-state index is -0.830. The third-order valence-electron chi connectivity index (χ3n) is 8.13. The van der Waals surface area contributed by atoms with Crippen molar-refractivity contribution in [3.8, 4) is 0 Å². The number of aromatic amines is 1. The molecule has 0 radical (unpaired) electrons. The number of para-hydroxylation sites is 1. The number of unbranched alkanes of at least 4 members (excludes halogenated alkanes) is 15. The number of ether oxygens (including phenoxy) is 2. The van der Waals surface area contributed by atoms with E-state index < -0.39 is 18.1 Å². The van der Waals surface area contributed by atoms with Crippen molar-refractivity contribution < 1.29 is 19.1 Å². The topological polar surface area (TPSA) is 80.4 Å². The van der Waals surface area contributed by atoms with E-state index in [-0.39, 0.29) is 6.61 Å². The summed E-state index contributed by atoms with van der Waals surface area (Å²) in [6.07, 6.45) is 22.4. The Morgan fingerprint density at radius 3 is 1.88 bits per heavy atom. The molecule has 1 heterocycles. The fraction of sp³-hybridized carbons (Fsp3) is 0.568. The fourth-order valence-corrected chi connectivity index (χ4v) is 5.54. The number of nitrogens with one attached hydrogen (secondary N) is 2. The molecule has 1 aromatic heterocycles. The largest absolute Gasteiger partial charge is 0.464 e. The highest BCUT2D eigenvalue weighted by atomic mass is 16.6. The summed E-state index contributed by atoms with van der Waals surface area (Å²) in [5.74, 6) is -0.428. The molecule has 0 fully saturated rings. The molecular weight excluding hydrogens is 536 g/mol. The Kier molecular flexibility index (Phi) is 17.0. The van der Waals surface area contributed by atoms with Crippen LogP contribution in [0.1, 0.15) is 121 Å². The van der Waals surface area contributed by atoms with Crippen molar-refractivity contribution in [1.82, 2.24) is 10.3 Å². The van der Waals surface area contributed by atoms with Gasteiger partial charge < -0.3 is 19.8 Å². The van der Waals surface area contributed by atoms with Crippen molar-refractivity contribution in [3.63, 3.8) is 0 Å². The lowest BCUT2D eigenvalue weighted by Crippen LogP contribution is -2.43. The number of rotatable bonds is 23. The van der Waals surface area contributed by atoms with Crippen LogP contribution in [0.2, 0.25) is 0 Å². The second-order valence-electron chi connectivity index (χ2n) is 11.8. The van der Waals surface area contributed by atoms with E-state index in [1.807, 2.05) is 60.8 Å².